The van der Waals surface area contributed by atoms with E-state index in [2.05, 4.69) is 72.8 Å². The summed E-state index contributed by atoms with van der Waals surface area (Å²) in [4.78, 5) is 0. The molecule has 8 aromatic carbocycles. The van der Waals surface area contributed by atoms with Crippen molar-refractivity contribution in [1.82, 2.24) is 0 Å². The fourth-order valence-corrected chi connectivity index (χ4v) is 14.6. The summed E-state index contributed by atoms with van der Waals surface area (Å²) in [5.41, 5.74) is 5.99. The number of benzene rings is 8. The minimum absolute atomic E-state index is 0.0218. The van der Waals surface area contributed by atoms with Gasteiger partial charge in [0.15, 0.2) is 0 Å². The highest BCUT2D eigenvalue weighted by molar-refractivity contribution is 7.79. The number of aliphatic hydroxyl groups is 2. The van der Waals surface area contributed by atoms with E-state index in [1.54, 1.807) is 0 Å². The van der Waals surface area contributed by atoms with Crippen molar-refractivity contribution in [3.63, 3.8) is 0 Å². The predicted octanol–water partition coefficient (Wildman–Crippen LogP) is 9.56. The zero-order chi connectivity index (χ0) is 43.3. The van der Waals surface area contributed by atoms with Crippen molar-refractivity contribution in [3.8, 4) is 22.6 Å². The lowest BCUT2D eigenvalue weighted by atomic mass is 9.68. The summed E-state index contributed by atoms with van der Waals surface area (Å²) in [6.45, 7) is -0.0436. The molecule has 0 fully saturated rings. The molecule has 0 heterocycles. The average Bonchev–Trinajstić information content (AvgIpc) is 3.65. The largest absolute Gasteiger partial charge is 0.491 e. The predicted molar refractivity (Wildman–Crippen MR) is 256 cm³/mol. The molecule has 8 aromatic rings. The van der Waals surface area contributed by atoms with Gasteiger partial charge in [0, 0.05) is 33.5 Å². The Hall–Kier alpha value is -6.26. The van der Waals surface area contributed by atoms with Crippen LogP contribution in [-0.4, -0.2) is 48.0 Å². The van der Waals surface area contributed by atoms with Crippen LogP contribution in [0.5, 0.6) is 11.5 Å². The zero-order valence-corrected chi connectivity index (χ0v) is 36.5. The minimum Gasteiger partial charge on any atom is -0.491 e. The normalized spacial score (nSPS) is 13.9. The molecule has 1 aliphatic rings. The van der Waals surface area contributed by atoms with Crippen molar-refractivity contribution < 1.29 is 28.8 Å². The molecule has 2 N–H and O–H groups in total. The second kappa shape index (κ2) is 18.2. The highest BCUT2D eigenvalue weighted by Gasteiger charge is 2.46. The molecule has 0 spiro atoms. The van der Waals surface area contributed by atoms with E-state index < -0.39 is 31.9 Å². The summed E-state index contributed by atoms with van der Waals surface area (Å²) in [6, 6.07) is 70.5. The molecule has 6 nitrogen and oxygen atoms in total. The first-order chi connectivity index (χ1) is 30.8. The summed E-state index contributed by atoms with van der Waals surface area (Å²) >= 11 is 0. The Kier molecular flexibility index (Phi) is 12.2. The van der Waals surface area contributed by atoms with Crippen molar-refractivity contribution in [2.75, 3.05) is 25.5 Å². The van der Waals surface area contributed by atoms with Gasteiger partial charge in [-0.15, -0.1) is 0 Å². The molecule has 0 bridgehead atoms. The molecule has 63 heavy (non-hydrogen) atoms. The average molecular weight is 867 g/mol. The number of ether oxygens (including phenoxy) is 2. The van der Waals surface area contributed by atoms with E-state index in [0.717, 1.165) is 33.4 Å². The number of rotatable bonds is 16. The standard InChI is InChI=1S/C55H48O6P2/c56-43(39-62(58,47-17-5-1-6-18-47)48-19-7-2-8-20-48)37-60-45-33-29-41(30-34-45)55(53-27-15-13-25-51(53)52-26-14-16-28-54(52)55)42-31-35-46(36-32-42)61-38-44(57)40-63(59,49-21-9-3-10-22-49)50-23-11-4-12-24-50/h1-36,43-44,56-57H,37-40H2. The fourth-order valence-electron chi connectivity index (χ4n) is 9.10. The number of aliphatic hydroxyl groups excluding tert-OH is 2. The van der Waals surface area contributed by atoms with Crippen molar-refractivity contribution in [2.45, 2.75) is 17.6 Å². The Labute approximate surface area is 369 Å². The molecular weight excluding hydrogens is 819 g/mol. The second-order valence-electron chi connectivity index (χ2n) is 16.0. The van der Waals surface area contributed by atoms with Crippen molar-refractivity contribution in [1.29, 1.82) is 0 Å². The van der Waals surface area contributed by atoms with Crippen LogP contribution in [0, 0.1) is 0 Å². The first-order valence-electron chi connectivity index (χ1n) is 21.2. The third-order valence-corrected chi connectivity index (χ3v) is 18.4. The molecule has 0 saturated carbocycles. The van der Waals surface area contributed by atoms with Crippen LogP contribution in [-0.2, 0) is 14.5 Å². The van der Waals surface area contributed by atoms with Gasteiger partial charge in [0.1, 0.15) is 39.0 Å². The molecule has 0 saturated heterocycles. The van der Waals surface area contributed by atoms with Gasteiger partial charge in [0.2, 0.25) is 0 Å². The van der Waals surface area contributed by atoms with Crippen LogP contribution in [0.15, 0.2) is 218 Å². The molecule has 0 aliphatic heterocycles. The van der Waals surface area contributed by atoms with Gasteiger partial charge in [0.25, 0.3) is 0 Å². The van der Waals surface area contributed by atoms with Crippen LogP contribution < -0.4 is 30.7 Å². The Morgan fingerprint density at radius 1 is 0.381 bits per heavy atom. The number of fused-ring (bicyclic) bond motifs is 3. The van der Waals surface area contributed by atoms with E-state index in [0.29, 0.717) is 32.7 Å². The summed E-state index contributed by atoms with van der Waals surface area (Å²) in [5, 5.41) is 25.4. The van der Waals surface area contributed by atoms with Gasteiger partial charge in [-0.25, -0.2) is 0 Å². The molecule has 2 atom stereocenters. The van der Waals surface area contributed by atoms with E-state index >= 15 is 0 Å². The Morgan fingerprint density at radius 3 is 0.984 bits per heavy atom. The van der Waals surface area contributed by atoms with Gasteiger partial charge in [0.05, 0.1) is 17.6 Å². The Bertz CT molecular complexity index is 2580. The maximum absolute atomic E-state index is 14.6. The third-order valence-electron chi connectivity index (χ3n) is 12.0. The van der Waals surface area contributed by atoms with Crippen LogP contribution >= 0.6 is 14.3 Å². The Morgan fingerprint density at radius 2 is 0.667 bits per heavy atom. The van der Waals surface area contributed by atoms with Crippen molar-refractivity contribution in [3.05, 3.63) is 241 Å². The van der Waals surface area contributed by atoms with Gasteiger partial charge < -0.3 is 28.8 Å². The molecule has 0 aromatic heterocycles. The molecule has 0 amide bonds. The van der Waals surface area contributed by atoms with Crippen molar-refractivity contribution >= 4 is 35.5 Å². The van der Waals surface area contributed by atoms with Gasteiger partial charge in [-0.2, -0.15) is 0 Å². The smallest absolute Gasteiger partial charge is 0.145 e. The number of hydrogen-bond acceptors (Lipinski definition) is 6. The molecule has 8 heteroatoms. The van der Waals surface area contributed by atoms with Gasteiger partial charge in [-0.05, 0) is 57.6 Å². The van der Waals surface area contributed by atoms with Gasteiger partial charge >= 0.3 is 0 Å². The monoisotopic (exact) mass is 866 g/mol. The topological polar surface area (TPSA) is 93.1 Å². The molecule has 1 aliphatic carbocycles. The van der Waals surface area contributed by atoms with Crippen LogP contribution in [0.4, 0.5) is 0 Å². The van der Waals surface area contributed by atoms with E-state index in [9.17, 15) is 19.3 Å². The zero-order valence-electron chi connectivity index (χ0n) is 34.7. The first kappa shape index (κ1) is 42.1. The highest BCUT2D eigenvalue weighted by atomic mass is 31.2. The summed E-state index contributed by atoms with van der Waals surface area (Å²) in [7, 11) is -6.27. The lowest BCUT2D eigenvalue weighted by Gasteiger charge is -2.34. The first-order valence-corrected chi connectivity index (χ1v) is 25.0. The van der Waals surface area contributed by atoms with E-state index in [1.165, 1.54) is 0 Å². The number of hydrogen-bond donors (Lipinski definition) is 2. The van der Waals surface area contributed by atoms with E-state index in [-0.39, 0.29) is 25.5 Å². The quantitative estimate of drug-likeness (QED) is 0.0941. The lowest BCUT2D eigenvalue weighted by Crippen LogP contribution is -2.29. The summed E-state index contributed by atoms with van der Waals surface area (Å²) in [6.07, 6.45) is -1.85. The molecule has 0 radical (unpaired) electrons. The molecule has 2 unspecified atom stereocenters. The maximum atomic E-state index is 14.6. The molecular formula is C55H48O6P2. The highest BCUT2D eigenvalue weighted by Crippen LogP contribution is 2.56. The second-order valence-corrected chi connectivity index (χ2v) is 21.8. The summed E-state index contributed by atoms with van der Waals surface area (Å²) < 4.78 is 41.6. The SMILES string of the molecule is O=P(CC(O)COc1ccc(C2(c3ccc(OCC(O)CP(=O)(c4ccccc4)c4ccccc4)cc3)c3ccccc3-c3ccccc32)cc1)(c1ccccc1)c1ccccc1. The lowest BCUT2D eigenvalue weighted by molar-refractivity contribution is 0.125. The fraction of sp³-hybridized carbons (Fsp3) is 0.127. The van der Waals surface area contributed by atoms with Crippen LogP contribution in [0.1, 0.15) is 22.3 Å². The Balaban J connectivity index is 0.962. The summed E-state index contributed by atoms with van der Waals surface area (Å²) in [5.74, 6) is 1.18. The van der Waals surface area contributed by atoms with E-state index in [4.69, 9.17) is 9.47 Å². The molecule has 9 rings (SSSR count). The van der Waals surface area contributed by atoms with Crippen LogP contribution in [0.25, 0.3) is 11.1 Å². The molecule has 314 valence electrons. The maximum Gasteiger partial charge on any atom is 0.145 e. The van der Waals surface area contributed by atoms with Gasteiger partial charge in [-0.3, -0.25) is 0 Å². The van der Waals surface area contributed by atoms with E-state index in [1.807, 2.05) is 146 Å². The van der Waals surface area contributed by atoms with Crippen molar-refractivity contribution in [2.24, 2.45) is 0 Å². The third kappa shape index (κ3) is 8.24. The van der Waals surface area contributed by atoms with Crippen LogP contribution in [0.3, 0.4) is 0 Å². The minimum atomic E-state index is -3.14. The van der Waals surface area contributed by atoms with Gasteiger partial charge in [-0.1, -0.05) is 194 Å². The van der Waals surface area contributed by atoms with Crippen LogP contribution in [0.2, 0.25) is 0 Å².